The molecule has 1 heteroatoms. The Balaban J connectivity index is 1.25. The minimum Gasteiger partial charge on any atom is -0.310 e. The largest absolute Gasteiger partial charge is 0.310 e. The van der Waals surface area contributed by atoms with Gasteiger partial charge in [-0.3, -0.25) is 0 Å². The maximum absolute atomic E-state index is 2.40. The van der Waals surface area contributed by atoms with Crippen LogP contribution in [-0.4, -0.2) is 0 Å². The molecule has 9 aromatic carbocycles. The average molecular weight is 702 g/mol. The smallest absolute Gasteiger partial charge is 0.0540 e. The van der Waals surface area contributed by atoms with E-state index in [4.69, 9.17) is 0 Å². The highest BCUT2D eigenvalue weighted by atomic mass is 15.1. The zero-order chi connectivity index (χ0) is 36.8. The molecule has 1 nitrogen and oxygen atoms in total. The normalized spacial score (nSPS) is 10.9. The van der Waals surface area contributed by atoms with Gasteiger partial charge >= 0.3 is 0 Å². The van der Waals surface area contributed by atoms with Gasteiger partial charge in [0.15, 0.2) is 0 Å². The quantitative estimate of drug-likeness (QED) is 0.145. The van der Waals surface area contributed by atoms with E-state index in [1.807, 2.05) is 0 Å². The summed E-state index contributed by atoms with van der Waals surface area (Å²) in [6.45, 7) is 0. The van der Waals surface area contributed by atoms with Crippen LogP contribution in [0.3, 0.4) is 0 Å². The molecule has 0 atom stereocenters. The summed E-state index contributed by atoms with van der Waals surface area (Å²) in [4.78, 5) is 2.40. The molecular formula is C54H39N. The summed E-state index contributed by atoms with van der Waals surface area (Å²) in [6, 6.07) is 85.0. The summed E-state index contributed by atoms with van der Waals surface area (Å²) in [5.41, 5.74) is 17.6. The lowest BCUT2D eigenvalue weighted by molar-refractivity contribution is 1.28. The van der Waals surface area contributed by atoms with Crippen LogP contribution in [-0.2, 0) is 0 Å². The van der Waals surface area contributed by atoms with Crippen LogP contribution in [0.15, 0.2) is 237 Å². The van der Waals surface area contributed by atoms with Crippen molar-refractivity contribution in [2.75, 3.05) is 4.90 Å². The lowest BCUT2D eigenvalue weighted by atomic mass is 9.84. The third kappa shape index (κ3) is 6.88. The standard InChI is InChI=1S/C54H39N/c1-5-19-40(20-6-1)41-35-37-46(38-36-41)55(53-34-16-15-30-49(53)43-23-9-3-10-24-43)47-28-17-27-45(39-47)51-33-18-32-50(44-25-11-4-12-26-44)54(51)52-31-14-13-29-48(52)42-21-7-2-8-22-42/h1-39H. The molecule has 0 radical (unpaired) electrons. The number of benzene rings is 9. The molecule has 0 spiro atoms. The maximum atomic E-state index is 2.40. The van der Waals surface area contributed by atoms with E-state index in [1.54, 1.807) is 0 Å². The number of hydrogen-bond acceptors (Lipinski definition) is 1. The molecule has 0 N–H and O–H groups in total. The Kier molecular flexibility index (Phi) is 9.41. The van der Waals surface area contributed by atoms with Crippen molar-refractivity contribution in [3.63, 3.8) is 0 Å². The van der Waals surface area contributed by atoms with Crippen molar-refractivity contribution in [2.24, 2.45) is 0 Å². The molecule has 0 saturated heterocycles. The SMILES string of the molecule is c1ccc(-c2ccc(N(c3cccc(-c4cccc(-c5ccccc5)c4-c4ccccc4-c4ccccc4)c3)c3ccccc3-c3ccccc3)cc2)cc1. The maximum Gasteiger partial charge on any atom is 0.0540 e. The van der Waals surface area contributed by atoms with Gasteiger partial charge in [-0.05, 0) is 91.5 Å². The van der Waals surface area contributed by atoms with Crippen LogP contribution < -0.4 is 4.90 Å². The molecule has 0 saturated carbocycles. The van der Waals surface area contributed by atoms with E-state index in [2.05, 4.69) is 241 Å². The lowest BCUT2D eigenvalue weighted by Gasteiger charge is -2.29. The van der Waals surface area contributed by atoms with Crippen molar-refractivity contribution in [2.45, 2.75) is 0 Å². The second kappa shape index (κ2) is 15.4. The highest BCUT2D eigenvalue weighted by molar-refractivity contribution is 6.00. The van der Waals surface area contributed by atoms with Gasteiger partial charge in [0.05, 0.1) is 5.69 Å². The van der Waals surface area contributed by atoms with E-state index in [0.29, 0.717) is 0 Å². The fourth-order valence-corrected chi connectivity index (χ4v) is 7.72. The minimum atomic E-state index is 1.08. The number of hydrogen-bond donors (Lipinski definition) is 0. The summed E-state index contributed by atoms with van der Waals surface area (Å²) in [5.74, 6) is 0. The van der Waals surface area contributed by atoms with Crippen molar-refractivity contribution in [3.05, 3.63) is 237 Å². The first-order chi connectivity index (χ1) is 27.3. The van der Waals surface area contributed by atoms with Gasteiger partial charge in [0, 0.05) is 16.9 Å². The number of anilines is 3. The highest BCUT2D eigenvalue weighted by Gasteiger charge is 2.21. The second-order valence-corrected chi connectivity index (χ2v) is 13.7. The van der Waals surface area contributed by atoms with Gasteiger partial charge in [0.2, 0.25) is 0 Å². The Morgan fingerprint density at radius 2 is 0.618 bits per heavy atom. The minimum absolute atomic E-state index is 1.08. The predicted octanol–water partition coefficient (Wildman–Crippen LogP) is 15.2. The monoisotopic (exact) mass is 701 g/mol. The third-order valence-electron chi connectivity index (χ3n) is 10.3. The molecule has 260 valence electrons. The van der Waals surface area contributed by atoms with Crippen molar-refractivity contribution in [1.29, 1.82) is 0 Å². The van der Waals surface area contributed by atoms with E-state index in [0.717, 1.165) is 22.6 Å². The molecule has 0 heterocycles. The van der Waals surface area contributed by atoms with E-state index in [-0.39, 0.29) is 0 Å². The molecule has 9 aromatic rings. The van der Waals surface area contributed by atoms with Crippen molar-refractivity contribution < 1.29 is 0 Å². The third-order valence-corrected chi connectivity index (χ3v) is 10.3. The molecule has 0 aliphatic rings. The van der Waals surface area contributed by atoms with Crippen LogP contribution in [0.2, 0.25) is 0 Å². The van der Waals surface area contributed by atoms with Crippen LogP contribution >= 0.6 is 0 Å². The van der Waals surface area contributed by atoms with E-state index in [1.165, 1.54) is 61.2 Å². The number of rotatable bonds is 9. The van der Waals surface area contributed by atoms with Gasteiger partial charge in [-0.15, -0.1) is 0 Å². The predicted molar refractivity (Wildman–Crippen MR) is 234 cm³/mol. The van der Waals surface area contributed by atoms with E-state index >= 15 is 0 Å². The summed E-state index contributed by atoms with van der Waals surface area (Å²) < 4.78 is 0. The van der Waals surface area contributed by atoms with E-state index < -0.39 is 0 Å². The van der Waals surface area contributed by atoms with Crippen LogP contribution in [0.4, 0.5) is 17.1 Å². The van der Waals surface area contributed by atoms with Gasteiger partial charge in [0.1, 0.15) is 0 Å². The van der Waals surface area contributed by atoms with Crippen LogP contribution in [0.25, 0.3) is 66.8 Å². The zero-order valence-electron chi connectivity index (χ0n) is 30.5. The number of para-hydroxylation sites is 1. The van der Waals surface area contributed by atoms with Gasteiger partial charge in [-0.2, -0.15) is 0 Å². The first kappa shape index (κ1) is 33.6. The molecular weight excluding hydrogens is 663 g/mol. The Labute approximate surface area is 324 Å². The van der Waals surface area contributed by atoms with Crippen LogP contribution in [0, 0.1) is 0 Å². The molecule has 0 fully saturated rings. The Bertz CT molecular complexity index is 2670. The van der Waals surface area contributed by atoms with Gasteiger partial charge in [0.25, 0.3) is 0 Å². The second-order valence-electron chi connectivity index (χ2n) is 13.7. The molecule has 0 aromatic heterocycles. The Morgan fingerprint density at radius 1 is 0.218 bits per heavy atom. The Morgan fingerprint density at radius 3 is 1.24 bits per heavy atom. The molecule has 0 aliphatic carbocycles. The molecule has 9 rings (SSSR count). The fraction of sp³-hybridized carbons (Fsp3) is 0. The van der Waals surface area contributed by atoms with Crippen molar-refractivity contribution >= 4 is 17.1 Å². The lowest BCUT2D eigenvalue weighted by Crippen LogP contribution is -2.11. The Hall–Kier alpha value is -7.22. The average Bonchev–Trinajstić information content (AvgIpc) is 3.28. The van der Waals surface area contributed by atoms with Crippen molar-refractivity contribution in [3.8, 4) is 66.8 Å². The highest BCUT2D eigenvalue weighted by Crippen LogP contribution is 2.46. The molecule has 0 unspecified atom stereocenters. The first-order valence-electron chi connectivity index (χ1n) is 18.9. The topological polar surface area (TPSA) is 3.24 Å². The molecule has 0 amide bonds. The molecule has 0 bridgehead atoms. The zero-order valence-corrected chi connectivity index (χ0v) is 30.5. The molecule has 0 aliphatic heterocycles. The van der Waals surface area contributed by atoms with Gasteiger partial charge < -0.3 is 4.90 Å². The molecule has 55 heavy (non-hydrogen) atoms. The van der Waals surface area contributed by atoms with Crippen molar-refractivity contribution in [1.82, 2.24) is 0 Å². The van der Waals surface area contributed by atoms with E-state index in [9.17, 15) is 0 Å². The van der Waals surface area contributed by atoms with Crippen LogP contribution in [0.5, 0.6) is 0 Å². The number of nitrogens with zero attached hydrogens (tertiary/aromatic N) is 1. The summed E-state index contributed by atoms with van der Waals surface area (Å²) in [5, 5.41) is 0. The fourth-order valence-electron chi connectivity index (χ4n) is 7.72. The van der Waals surface area contributed by atoms with Gasteiger partial charge in [-0.25, -0.2) is 0 Å². The summed E-state index contributed by atoms with van der Waals surface area (Å²) in [7, 11) is 0. The summed E-state index contributed by atoms with van der Waals surface area (Å²) in [6.07, 6.45) is 0. The van der Waals surface area contributed by atoms with Crippen LogP contribution in [0.1, 0.15) is 0 Å². The van der Waals surface area contributed by atoms with Gasteiger partial charge in [-0.1, -0.05) is 206 Å². The summed E-state index contributed by atoms with van der Waals surface area (Å²) >= 11 is 0. The first-order valence-corrected chi connectivity index (χ1v) is 18.9.